The Morgan fingerprint density at radius 1 is 0.938 bits per heavy atom. The van der Waals surface area contributed by atoms with Gasteiger partial charge in [0.05, 0.1) is 0 Å². The van der Waals surface area contributed by atoms with E-state index in [1.54, 1.807) is 0 Å². The van der Waals surface area contributed by atoms with Crippen LogP contribution in [0.25, 0.3) is 0 Å². The number of ketones is 1. The minimum absolute atomic E-state index is 0.0300. The molecular weight excluding hydrogens is 208 g/mol. The molecule has 0 aromatic heterocycles. The molecule has 0 aliphatic carbocycles. The van der Waals surface area contributed by atoms with Gasteiger partial charge < -0.3 is 5.11 Å². The van der Waals surface area contributed by atoms with Crippen LogP contribution in [-0.4, -0.2) is 23.1 Å². The number of aliphatic carboxylic acids is 1. The van der Waals surface area contributed by atoms with Crippen LogP contribution in [0, 0.1) is 0 Å². The summed E-state index contributed by atoms with van der Waals surface area (Å²) in [6.07, 6.45) is 8.05. The van der Waals surface area contributed by atoms with E-state index in [4.69, 9.17) is 5.11 Å². The first-order valence-electron chi connectivity index (χ1n) is 5.53. The third kappa shape index (κ3) is 10.6. The molecule has 0 spiro atoms. The molecule has 0 rings (SSSR count). The molecule has 16 heavy (non-hydrogen) atoms. The molecule has 0 unspecified atom stereocenters. The van der Waals surface area contributed by atoms with E-state index in [0.29, 0.717) is 19.1 Å². The van der Waals surface area contributed by atoms with E-state index < -0.39 is 5.97 Å². The summed E-state index contributed by atoms with van der Waals surface area (Å²) >= 11 is 0. The molecule has 4 nitrogen and oxygen atoms in total. The zero-order chi connectivity index (χ0) is 12.2. The van der Waals surface area contributed by atoms with Crippen molar-refractivity contribution in [2.45, 2.75) is 44.9 Å². The van der Waals surface area contributed by atoms with Gasteiger partial charge in [-0.3, -0.25) is 14.4 Å². The SMILES string of the molecule is O=C/C=C\C(=O)CCCCCCCC(=O)O. The average Bonchev–Trinajstić information content (AvgIpc) is 2.24. The van der Waals surface area contributed by atoms with E-state index in [-0.39, 0.29) is 12.2 Å². The van der Waals surface area contributed by atoms with Crippen molar-refractivity contribution in [2.75, 3.05) is 0 Å². The number of aldehydes is 1. The summed E-state index contributed by atoms with van der Waals surface area (Å²) in [4.78, 5) is 31.2. The van der Waals surface area contributed by atoms with Crippen LogP contribution in [0.2, 0.25) is 0 Å². The molecule has 0 aliphatic heterocycles. The van der Waals surface area contributed by atoms with E-state index in [2.05, 4.69) is 0 Å². The fraction of sp³-hybridized carbons (Fsp3) is 0.583. The second kappa shape index (κ2) is 10.1. The number of hydrogen-bond donors (Lipinski definition) is 1. The minimum atomic E-state index is -0.755. The Kier molecular flexibility index (Phi) is 9.17. The van der Waals surface area contributed by atoms with Crippen LogP contribution in [-0.2, 0) is 14.4 Å². The van der Waals surface area contributed by atoms with Gasteiger partial charge in [0.25, 0.3) is 0 Å². The molecule has 0 atom stereocenters. The van der Waals surface area contributed by atoms with Crippen LogP contribution in [0.15, 0.2) is 12.2 Å². The highest BCUT2D eigenvalue weighted by Gasteiger charge is 1.98. The van der Waals surface area contributed by atoms with E-state index in [0.717, 1.165) is 25.7 Å². The molecule has 90 valence electrons. The predicted octanol–water partition coefficient (Wildman–Crippen LogP) is 2.13. The Balaban J connectivity index is 3.26. The highest BCUT2D eigenvalue weighted by molar-refractivity contribution is 5.92. The van der Waals surface area contributed by atoms with Crippen molar-refractivity contribution in [1.82, 2.24) is 0 Å². The first-order valence-corrected chi connectivity index (χ1v) is 5.53. The van der Waals surface area contributed by atoms with Gasteiger partial charge in [0.15, 0.2) is 5.78 Å². The lowest BCUT2D eigenvalue weighted by molar-refractivity contribution is -0.137. The maximum Gasteiger partial charge on any atom is 0.303 e. The maximum atomic E-state index is 11.1. The predicted molar refractivity (Wildman–Crippen MR) is 60.2 cm³/mol. The summed E-state index contributed by atoms with van der Waals surface area (Å²) in [5, 5.41) is 8.39. The molecule has 0 fully saturated rings. The first kappa shape index (κ1) is 14.6. The highest BCUT2D eigenvalue weighted by atomic mass is 16.4. The number of allylic oxidation sites excluding steroid dienone is 2. The molecule has 4 heteroatoms. The van der Waals surface area contributed by atoms with Crippen molar-refractivity contribution in [3.05, 3.63) is 12.2 Å². The van der Waals surface area contributed by atoms with Gasteiger partial charge in [0, 0.05) is 12.8 Å². The van der Waals surface area contributed by atoms with E-state index in [9.17, 15) is 14.4 Å². The summed E-state index contributed by atoms with van der Waals surface area (Å²) in [6, 6.07) is 0. The van der Waals surface area contributed by atoms with Gasteiger partial charge in [-0.05, 0) is 25.0 Å². The smallest absolute Gasteiger partial charge is 0.303 e. The Hall–Kier alpha value is -1.45. The van der Waals surface area contributed by atoms with E-state index >= 15 is 0 Å². The summed E-state index contributed by atoms with van der Waals surface area (Å²) in [5.74, 6) is -0.785. The van der Waals surface area contributed by atoms with Crippen LogP contribution < -0.4 is 0 Å². The molecule has 0 aliphatic rings. The fourth-order valence-corrected chi connectivity index (χ4v) is 1.34. The first-order chi connectivity index (χ1) is 7.66. The number of rotatable bonds is 10. The van der Waals surface area contributed by atoms with E-state index in [1.807, 2.05) is 0 Å². The van der Waals surface area contributed by atoms with Gasteiger partial charge in [-0.1, -0.05) is 19.3 Å². The molecule has 0 heterocycles. The van der Waals surface area contributed by atoms with Crippen molar-refractivity contribution in [3.63, 3.8) is 0 Å². The number of carboxylic acids is 1. The van der Waals surface area contributed by atoms with Crippen molar-refractivity contribution < 1.29 is 19.5 Å². The number of carboxylic acid groups (broad SMARTS) is 1. The minimum Gasteiger partial charge on any atom is -0.481 e. The number of unbranched alkanes of at least 4 members (excludes halogenated alkanes) is 4. The molecule has 0 saturated heterocycles. The normalized spacial score (nSPS) is 10.5. The Bertz CT molecular complexity index is 256. The zero-order valence-corrected chi connectivity index (χ0v) is 9.35. The Morgan fingerprint density at radius 2 is 1.50 bits per heavy atom. The van der Waals surface area contributed by atoms with Gasteiger partial charge in [-0.15, -0.1) is 0 Å². The topological polar surface area (TPSA) is 71.4 Å². The van der Waals surface area contributed by atoms with Crippen LogP contribution in [0.3, 0.4) is 0 Å². The molecule has 0 aromatic carbocycles. The third-order valence-corrected chi connectivity index (χ3v) is 2.17. The Labute approximate surface area is 95.3 Å². The van der Waals surface area contributed by atoms with Crippen LogP contribution in [0.4, 0.5) is 0 Å². The van der Waals surface area contributed by atoms with Gasteiger partial charge in [0.2, 0.25) is 0 Å². The second-order valence-electron chi connectivity index (χ2n) is 3.62. The molecule has 0 bridgehead atoms. The van der Waals surface area contributed by atoms with Gasteiger partial charge >= 0.3 is 5.97 Å². The maximum absolute atomic E-state index is 11.1. The van der Waals surface area contributed by atoms with Crippen molar-refractivity contribution in [3.8, 4) is 0 Å². The average molecular weight is 226 g/mol. The molecule has 0 amide bonds. The van der Waals surface area contributed by atoms with Crippen molar-refractivity contribution in [1.29, 1.82) is 0 Å². The summed E-state index contributed by atoms with van der Waals surface area (Å²) in [6.45, 7) is 0. The lowest BCUT2D eigenvalue weighted by Gasteiger charge is -1.98. The van der Waals surface area contributed by atoms with E-state index in [1.165, 1.54) is 12.2 Å². The lowest BCUT2D eigenvalue weighted by atomic mass is 10.1. The summed E-state index contributed by atoms with van der Waals surface area (Å²) in [5.41, 5.74) is 0. The molecule has 0 aromatic rings. The third-order valence-electron chi connectivity index (χ3n) is 2.17. The second-order valence-corrected chi connectivity index (χ2v) is 3.62. The Morgan fingerprint density at radius 3 is 2.06 bits per heavy atom. The standard InChI is InChI=1S/C12H18O4/c13-10-6-8-11(14)7-4-2-1-3-5-9-12(15)16/h6,8,10H,1-5,7,9H2,(H,15,16)/b8-6-. The van der Waals surface area contributed by atoms with Crippen molar-refractivity contribution >= 4 is 18.0 Å². The number of carbonyl (C=O) groups is 3. The van der Waals surface area contributed by atoms with Gasteiger partial charge in [-0.25, -0.2) is 0 Å². The lowest BCUT2D eigenvalue weighted by Crippen LogP contribution is -1.94. The van der Waals surface area contributed by atoms with Gasteiger partial charge in [-0.2, -0.15) is 0 Å². The summed E-state index contributed by atoms with van der Waals surface area (Å²) < 4.78 is 0. The van der Waals surface area contributed by atoms with Crippen LogP contribution >= 0.6 is 0 Å². The molecule has 1 N–H and O–H groups in total. The largest absolute Gasteiger partial charge is 0.481 e. The molecule has 0 saturated carbocycles. The zero-order valence-electron chi connectivity index (χ0n) is 9.35. The number of hydrogen-bond acceptors (Lipinski definition) is 3. The summed E-state index contributed by atoms with van der Waals surface area (Å²) in [7, 11) is 0. The van der Waals surface area contributed by atoms with Crippen LogP contribution in [0.5, 0.6) is 0 Å². The molecular formula is C12H18O4. The van der Waals surface area contributed by atoms with Gasteiger partial charge in [0.1, 0.15) is 6.29 Å². The number of carbonyl (C=O) groups excluding carboxylic acids is 2. The monoisotopic (exact) mass is 226 g/mol. The fourth-order valence-electron chi connectivity index (χ4n) is 1.34. The quantitative estimate of drug-likeness (QED) is 0.352. The van der Waals surface area contributed by atoms with Crippen molar-refractivity contribution in [2.24, 2.45) is 0 Å². The van der Waals surface area contributed by atoms with Crippen LogP contribution in [0.1, 0.15) is 44.9 Å². The highest BCUT2D eigenvalue weighted by Crippen LogP contribution is 2.07. The molecule has 0 radical (unpaired) electrons.